The molecule has 0 bridgehead atoms. The molecule has 0 aliphatic carbocycles. The minimum Gasteiger partial charge on any atom is -0.374 e. The molecule has 1 N–H and O–H groups in total. The summed E-state index contributed by atoms with van der Waals surface area (Å²) in [5, 5.41) is 3.95. The zero-order valence-electron chi connectivity index (χ0n) is 14.5. The number of hydrogen-bond donors (Lipinski definition) is 1. The van der Waals surface area contributed by atoms with Crippen LogP contribution in [0.25, 0.3) is 0 Å². The van der Waals surface area contributed by atoms with Crippen LogP contribution in [0, 0.1) is 0 Å². The smallest absolute Gasteiger partial charge is 0.224 e. The van der Waals surface area contributed by atoms with Crippen LogP contribution < -0.4 is 5.32 Å². The van der Waals surface area contributed by atoms with Gasteiger partial charge < -0.3 is 10.1 Å². The molecule has 2 aromatic rings. The Kier molecular flexibility index (Phi) is 6.92. The largest absolute Gasteiger partial charge is 0.374 e. The van der Waals surface area contributed by atoms with Crippen molar-refractivity contribution < 1.29 is 9.53 Å². The Balaban J connectivity index is 1.47. The predicted octanol–water partition coefficient (Wildman–Crippen LogP) is 3.55. The Morgan fingerprint density at radius 3 is 2.58 bits per heavy atom. The quantitative estimate of drug-likeness (QED) is 0.816. The summed E-state index contributed by atoms with van der Waals surface area (Å²) in [7, 11) is 0. The van der Waals surface area contributed by atoms with E-state index in [0.717, 1.165) is 19.6 Å². The maximum absolute atomic E-state index is 12.2. The fraction of sp³-hybridized carbons (Fsp3) is 0.350. The lowest BCUT2D eigenvalue weighted by Crippen LogP contribution is -2.47. The molecule has 3 rings (SSSR count). The molecule has 1 atom stereocenters. The third kappa shape index (κ3) is 5.45. The van der Waals surface area contributed by atoms with Crippen LogP contribution in [0.4, 0.5) is 0 Å². The van der Waals surface area contributed by atoms with Crippen LogP contribution in [0.2, 0.25) is 10.0 Å². The third-order valence-electron chi connectivity index (χ3n) is 4.40. The summed E-state index contributed by atoms with van der Waals surface area (Å²) in [6.07, 6.45) is 0.150. The number of halogens is 2. The van der Waals surface area contributed by atoms with Gasteiger partial charge in [0.2, 0.25) is 5.91 Å². The first-order valence-electron chi connectivity index (χ1n) is 8.69. The van der Waals surface area contributed by atoms with Crippen molar-refractivity contribution in [3.63, 3.8) is 0 Å². The minimum atomic E-state index is -0.108. The molecule has 4 nitrogen and oxygen atoms in total. The average Bonchev–Trinajstić information content (AvgIpc) is 2.64. The van der Waals surface area contributed by atoms with Gasteiger partial charge in [-0.25, -0.2) is 0 Å². The maximum atomic E-state index is 12.2. The van der Waals surface area contributed by atoms with Crippen molar-refractivity contribution in [1.29, 1.82) is 0 Å². The van der Waals surface area contributed by atoms with Gasteiger partial charge in [0.1, 0.15) is 0 Å². The molecule has 2 aromatic carbocycles. The van der Waals surface area contributed by atoms with Crippen molar-refractivity contribution in [2.75, 3.05) is 26.2 Å². The third-order valence-corrected chi connectivity index (χ3v) is 5.11. The van der Waals surface area contributed by atoms with E-state index in [0.29, 0.717) is 28.8 Å². The highest BCUT2D eigenvalue weighted by molar-refractivity contribution is 6.36. The van der Waals surface area contributed by atoms with E-state index in [9.17, 15) is 4.79 Å². The molecule has 0 saturated carbocycles. The first-order valence-corrected chi connectivity index (χ1v) is 9.45. The fourth-order valence-electron chi connectivity index (χ4n) is 3.04. The lowest BCUT2D eigenvalue weighted by molar-refractivity contribution is -0.121. The molecule has 1 fully saturated rings. The molecule has 138 valence electrons. The number of nitrogens with zero attached hydrogens (tertiary/aromatic N) is 1. The molecule has 1 saturated heterocycles. The zero-order valence-corrected chi connectivity index (χ0v) is 16.0. The van der Waals surface area contributed by atoms with Gasteiger partial charge in [-0.3, -0.25) is 9.69 Å². The molecule has 0 radical (unpaired) electrons. The standard InChI is InChI=1S/C20H22Cl2N2O2/c21-18-7-4-8-19(22)17(18)11-20(25)23-12-16-14-24(9-10-26-16)13-15-5-2-1-3-6-15/h1-8,16H,9-14H2,(H,23,25)/t16-/m1/s1. The van der Waals surface area contributed by atoms with Crippen molar-refractivity contribution in [3.8, 4) is 0 Å². The van der Waals surface area contributed by atoms with E-state index in [2.05, 4.69) is 22.3 Å². The monoisotopic (exact) mass is 392 g/mol. The summed E-state index contributed by atoms with van der Waals surface area (Å²) in [6, 6.07) is 15.6. The van der Waals surface area contributed by atoms with Gasteiger partial charge in [-0.05, 0) is 23.3 Å². The van der Waals surface area contributed by atoms with Gasteiger partial charge >= 0.3 is 0 Å². The first kappa shape index (κ1) is 19.2. The molecule has 0 aromatic heterocycles. The number of carbonyl (C=O) groups is 1. The molecule has 1 aliphatic rings. The molecule has 1 heterocycles. The maximum Gasteiger partial charge on any atom is 0.224 e. The van der Waals surface area contributed by atoms with Crippen LogP contribution in [-0.4, -0.2) is 43.2 Å². The van der Waals surface area contributed by atoms with Gasteiger partial charge in [-0.1, -0.05) is 59.6 Å². The van der Waals surface area contributed by atoms with Crippen LogP contribution in [0.15, 0.2) is 48.5 Å². The van der Waals surface area contributed by atoms with Crippen LogP contribution in [0.3, 0.4) is 0 Å². The van der Waals surface area contributed by atoms with Gasteiger partial charge in [-0.2, -0.15) is 0 Å². The Bertz CT molecular complexity index is 720. The van der Waals surface area contributed by atoms with Gasteiger partial charge in [-0.15, -0.1) is 0 Å². The second-order valence-electron chi connectivity index (χ2n) is 6.39. The average molecular weight is 393 g/mol. The summed E-state index contributed by atoms with van der Waals surface area (Å²) in [6.45, 7) is 3.73. The highest BCUT2D eigenvalue weighted by Crippen LogP contribution is 2.24. The predicted molar refractivity (Wildman–Crippen MR) is 105 cm³/mol. The number of hydrogen-bond acceptors (Lipinski definition) is 3. The number of carbonyl (C=O) groups excluding carboxylic acids is 1. The number of nitrogens with one attached hydrogen (secondary N) is 1. The van der Waals surface area contributed by atoms with Crippen LogP contribution in [-0.2, 0) is 22.5 Å². The lowest BCUT2D eigenvalue weighted by atomic mass is 10.1. The summed E-state index contributed by atoms with van der Waals surface area (Å²) < 4.78 is 5.79. The highest BCUT2D eigenvalue weighted by atomic mass is 35.5. The molecule has 26 heavy (non-hydrogen) atoms. The summed E-state index contributed by atoms with van der Waals surface area (Å²) in [5.41, 5.74) is 1.94. The van der Waals surface area contributed by atoms with E-state index in [1.54, 1.807) is 18.2 Å². The van der Waals surface area contributed by atoms with E-state index >= 15 is 0 Å². The topological polar surface area (TPSA) is 41.6 Å². The van der Waals surface area contributed by atoms with Crippen molar-refractivity contribution in [3.05, 3.63) is 69.7 Å². The SMILES string of the molecule is O=C(Cc1c(Cl)cccc1Cl)NC[C@@H]1CN(Cc2ccccc2)CCO1. The highest BCUT2D eigenvalue weighted by Gasteiger charge is 2.21. The number of rotatable bonds is 6. The Morgan fingerprint density at radius 1 is 1.12 bits per heavy atom. The van der Waals surface area contributed by atoms with Crippen LogP contribution >= 0.6 is 23.2 Å². The van der Waals surface area contributed by atoms with Gasteiger partial charge in [0.15, 0.2) is 0 Å². The molecule has 0 spiro atoms. The molecule has 1 amide bonds. The Hall–Kier alpha value is -1.59. The van der Waals surface area contributed by atoms with E-state index in [4.69, 9.17) is 27.9 Å². The number of benzene rings is 2. The number of ether oxygens (including phenoxy) is 1. The van der Waals surface area contributed by atoms with Gasteiger partial charge in [0.05, 0.1) is 19.1 Å². The van der Waals surface area contributed by atoms with Gasteiger partial charge in [0.25, 0.3) is 0 Å². The second kappa shape index (κ2) is 9.38. The minimum absolute atomic E-state index is 0.0156. The van der Waals surface area contributed by atoms with Gasteiger partial charge in [0, 0.05) is 36.2 Å². The molecular weight excluding hydrogens is 371 g/mol. The van der Waals surface area contributed by atoms with Crippen molar-refractivity contribution >= 4 is 29.1 Å². The van der Waals surface area contributed by atoms with E-state index in [-0.39, 0.29) is 18.4 Å². The lowest BCUT2D eigenvalue weighted by Gasteiger charge is -2.33. The molecule has 6 heteroatoms. The summed E-state index contributed by atoms with van der Waals surface area (Å²) >= 11 is 12.2. The zero-order chi connectivity index (χ0) is 18.4. The van der Waals surface area contributed by atoms with Crippen molar-refractivity contribution in [2.45, 2.75) is 19.1 Å². The normalized spacial score (nSPS) is 17.8. The van der Waals surface area contributed by atoms with E-state index < -0.39 is 0 Å². The van der Waals surface area contributed by atoms with E-state index in [1.165, 1.54) is 5.56 Å². The van der Waals surface area contributed by atoms with Crippen LogP contribution in [0.1, 0.15) is 11.1 Å². The fourth-order valence-corrected chi connectivity index (χ4v) is 3.57. The Labute approximate surface area is 164 Å². The van der Waals surface area contributed by atoms with Crippen molar-refractivity contribution in [2.24, 2.45) is 0 Å². The van der Waals surface area contributed by atoms with E-state index in [1.807, 2.05) is 18.2 Å². The van der Waals surface area contributed by atoms with Crippen molar-refractivity contribution in [1.82, 2.24) is 10.2 Å². The summed E-state index contributed by atoms with van der Waals surface area (Å²) in [5.74, 6) is -0.108. The molecule has 1 aliphatic heterocycles. The second-order valence-corrected chi connectivity index (χ2v) is 7.21. The van der Waals surface area contributed by atoms with Crippen LogP contribution in [0.5, 0.6) is 0 Å². The Morgan fingerprint density at radius 2 is 1.85 bits per heavy atom. The molecule has 0 unspecified atom stereocenters. The summed E-state index contributed by atoms with van der Waals surface area (Å²) in [4.78, 5) is 14.6. The number of amides is 1. The number of morpholine rings is 1. The molecular formula is C20H22Cl2N2O2. The first-order chi connectivity index (χ1) is 12.6.